The number of aromatic nitrogens is 3. The molecule has 11 nitrogen and oxygen atoms in total. The predicted octanol–water partition coefficient (Wildman–Crippen LogP) is 4.22. The SMILES string of the molecule is NC(=O)[C@H](CCCN=C(N)N)n1c(-c2cccc(Oc3ccccc3)c2)nc2cc(C(=O)Nc3ccccn3)ccc21. The highest BCUT2D eigenvalue weighted by Gasteiger charge is 2.25. The van der Waals surface area contributed by atoms with Crippen LogP contribution in [0.1, 0.15) is 29.2 Å². The Morgan fingerprint density at radius 2 is 1.69 bits per heavy atom. The number of imidazole rings is 1. The highest BCUT2D eigenvalue weighted by molar-refractivity contribution is 6.05. The van der Waals surface area contributed by atoms with E-state index in [1.807, 2.05) is 54.6 Å². The number of pyridine rings is 1. The Kier molecular flexibility index (Phi) is 8.38. The quantitative estimate of drug-likeness (QED) is 0.106. The number of nitrogens with zero attached hydrogens (tertiary/aromatic N) is 4. The lowest BCUT2D eigenvalue weighted by Crippen LogP contribution is -2.27. The van der Waals surface area contributed by atoms with E-state index in [0.29, 0.717) is 64.7 Å². The second kappa shape index (κ2) is 12.6. The Hall–Kier alpha value is -5.71. The van der Waals surface area contributed by atoms with Crippen LogP contribution in [0.5, 0.6) is 11.5 Å². The zero-order chi connectivity index (χ0) is 29.5. The summed E-state index contributed by atoms with van der Waals surface area (Å²) in [4.78, 5) is 38.9. The summed E-state index contributed by atoms with van der Waals surface area (Å²) in [5.41, 5.74) is 19.1. The van der Waals surface area contributed by atoms with Crippen LogP contribution in [0.25, 0.3) is 22.4 Å². The van der Waals surface area contributed by atoms with E-state index < -0.39 is 11.9 Å². The van der Waals surface area contributed by atoms with Crippen molar-refractivity contribution < 1.29 is 14.3 Å². The van der Waals surface area contributed by atoms with Gasteiger partial charge >= 0.3 is 0 Å². The lowest BCUT2D eigenvalue weighted by atomic mass is 10.1. The number of hydrogen-bond donors (Lipinski definition) is 4. The molecule has 0 aliphatic rings. The molecule has 0 fully saturated rings. The van der Waals surface area contributed by atoms with Crippen molar-refractivity contribution in [3.05, 3.63) is 103 Å². The van der Waals surface area contributed by atoms with Crippen LogP contribution in [-0.2, 0) is 4.79 Å². The van der Waals surface area contributed by atoms with E-state index in [-0.39, 0.29) is 11.9 Å². The molecule has 0 spiro atoms. The summed E-state index contributed by atoms with van der Waals surface area (Å²) in [6.45, 7) is 0.340. The van der Waals surface area contributed by atoms with E-state index in [1.54, 1.807) is 47.2 Å². The van der Waals surface area contributed by atoms with Gasteiger partial charge in [-0.05, 0) is 67.4 Å². The Labute approximate surface area is 242 Å². The number of anilines is 1. The number of nitrogens with two attached hydrogens (primary N) is 3. The molecule has 2 amide bonds. The van der Waals surface area contributed by atoms with Crippen molar-refractivity contribution in [2.24, 2.45) is 22.2 Å². The van der Waals surface area contributed by atoms with Crippen LogP contribution in [0.2, 0.25) is 0 Å². The van der Waals surface area contributed by atoms with Crippen molar-refractivity contribution in [2.75, 3.05) is 11.9 Å². The van der Waals surface area contributed by atoms with Crippen molar-refractivity contribution in [2.45, 2.75) is 18.9 Å². The number of primary amides is 1. The number of para-hydroxylation sites is 1. The number of hydrogen-bond acceptors (Lipinski definition) is 6. The monoisotopic (exact) mass is 562 g/mol. The molecule has 2 heterocycles. The molecule has 0 aliphatic heterocycles. The molecule has 0 unspecified atom stereocenters. The van der Waals surface area contributed by atoms with Gasteiger partial charge in [0.1, 0.15) is 29.2 Å². The third-order valence-electron chi connectivity index (χ3n) is 6.50. The number of fused-ring (bicyclic) bond motifs is 1. The minimum absolute atomic E-state index is 0.0221. The first-order chi connectivity index (χ1) is 20.4. The molecule has 42 heavy (non-hydrogen) atoms. The fourth-order valence-electron chi connectivity index (χ4n) is 4.60. The summed E-state index contributed by atoms with van der Waals surface area (Å²) in [5, 5.41) is 2.78. The summed E-state index contributed by atoms with van der Waals surface area (Å²) in [6, 6.07) is 26.4. The van der Waals surface area contributed by atoms with Crippen molar-refractivity contribution in [3.8, 4) is 22.9 Å². The highest BCUT2D eigenvalue weighted by atomic mass is 16.5. The van der Waals surface area contributed by atoms with Crippen molar-refractivity contribution in [1.29, 1.82) is 0 Å². The van der Waals surface area contributed by atoms with Crippen molar-refractivity contribution in [1.82, 2.24) is 14.5 Å². The van der Waals surface area contributed by atoms with E-state index >= 15 is 0 Å². The van der Waals surface area contributed by atoms with Gasteiger partial charge in [0.2, 0.25) is 5.91 Å². The van der Waals surface area contributed by atoms with Gasteiger partial charge in [0.05, 0.1) is 11.0 Å². The van der Waals surface area contributed by atoms with Gasteiger partial charge in [0, 0.05) is 23.9 Å². The maximum absolute atomic E-state index is 13.0. The second-order valence-electron chi connectivity index (χ2n) is 9.49. The molecule has 5 rings (SSSR count). The number of aliphatic imine (C=N–C) groups is 1. The Balaban J connectivity index is 1.56. The normalized spacial score (nSPS) is 11.5. The number of carbonyl (C=O) groups is 2. The van der Waals surface area contributed by atoms with Crippen LogP contribution in [0, 0.1) is 0 Å². The molecule has 212 valence electrons. The van der Waals surface area contributed by atoms with Gasteiger partial charge in [-0.2, -0.15) is 0 Å². The van der Waals surface area contributed by atoms with E-state index in [1.165, 1.54) is 0 Å². The number of carbonyl (C=O) groups excluding carboxylic acids is 2. The van der Waals surface area contributed by atoms with Crippen LogP contribution in [0.3, 0.4) is 0 Å². The molecular weight excluding hydrogens is 532 g/mol. The maximum Gasteiger partial charge on any atom is 0.256 e. The van der Waals surface area contributed by atoms with Gasteiger partial charge in [-0.15, -0.1) is 0 Å². The molecule has 0 bridgehead atoms. The maximum atomic E-state index is 13.0. The lowest BCUT2D eigenvalue weighted by Gasteiger charge is -2.19. The number of rotatable bonds is 11. The van der Waals surface area contributed by atoms with Gasteiger partial charge in [-0.3, -0.25) is 14.6 Å². The number of amides is 2. The predicted molar refractivity (Wildman–Crippen MR) is 162 cm³/mol. The third-order valence-corrected chi connectivity index (χ3v) is 6.50. The smallest absolute Gasteiger partial charge is 0.256 e. The van der Waals surface area contributed by atoms with Crippen molar-refractivity contribution >= 4 is 34.6 Å². The molecule has 0 saturated heterocycles. The Bertz CT molecular complexity index is 1730. The largest absolute Gasteiger partial charge is 0.457 e. The summed E-state index contributed by atoms with van der Waals surface area (Å²) >= 11 is 0. The molecular formula is C31H30N8O3. The summed E-state index contributed by atoms with van der Waals surface area (Å²) < 4.78 is 7.85. The molecule has 2 aromatic heterocycles. The Morgan fingerprint density at radius 1 is 0.905 bits per heavy atom. The van der Waals surface area contributed by atoms with Crippen LogP contribution in [-0.4, -0.2) is 38.9 Å². The minimum atomic E-state index is -0.758. The molecule has 3 aromatic carbocycles. The number of guanidine groups is 1. The topological polar surface area (TPSA) is 177 Å². The second-order valence-corrected chi connectivity index (χ2v) is 9.49. The molecule has 0 saturated carbocycles. The van der Waals surface area contributed by atoms with Gasteiger partial charge in [0.25, 0.3) is 5.91 Å². The molecule has 1 atom stereocenters. The van der Waals surface area contributed by atoms with Gasteiger partial charge in [0.15, 0.2) is 5.96 Å². The highest BCUT2D eigenvalue weighted by Crippen LogP contribution is 2.33. The summed E-state index contributed by atoms with van der Waals surface area (Å²) in [7, 11) is 0. The van der Waals surface area contributed by atoms with Gasteiger partial charge in [-0.1, -0.05) is 36.4 Å². The molecule has 5 aromatic rings. The van der Waals surface area contributed by atoms with Gasteiger partial charge in [-0.25, -0.2) is 9.97 Å². The van der Waals surface area contributed by atoms with E-state index in [2.05, 4.69) is 15.3 Å². The first-order valence-electron chi connectivity index (χ1n) is 13.3. The van der Waals surface area contributed by atoms with Crippen molar-refractivity contribution in [3.63, 3.8) is 0 Å². The summed E-state index contributed by atoms with van der Waals surface area (Å²) in [6.07, 6.45) is 2.47. The molecule has 7 N–H and O–H groups in total. The fourth-order valence-corrected chi connectivity index (χ4v) is 4.60. The van der Waals surface area contributed by atoms with Crippen LogP contribution in [0.4, 0.5) is 5.82 Å². The van der Waals surface area contributed by atoms with Crippen LogP contribution < -0.4 is 27.3 Å². The Morgan fingerprint density at radius 3 is 2.43 bits per heavy atom. The molecule has 0 aliphatic carbocycles. The zero-order valence-corrected chi connectivity index (χ0v) is 22.7. The number of benzene rings is 3. The lowest BCUT2D eigenvalue weighted by molar-refractivity contribution is -0.121. The number of ether oxygens (including phenoxy) is 1. The van der Waals surface area contributed by atoms with E-state index in [9.17, 15) is 9.59 Å². The third kappa shape index (κ3) is 6.53. The first-order valence-corrected chi connectivity index (χ1v) is 13.3. The van der Waals surface area contributed by atoms with Crippen LogP contribution in [0.15, 0.2) is 102 Å². The van der Waals surface area contributed by atoms with E-state index in [0.717, 1.165) is 0 Å². The fraction of sp³-hybridized carbons (Fsp3) is 0.129. The van der Waals surface area contributed by atoms with Crippen LogP contribution >= 0.6 is 0 Å². The molecule has 0 radical (unpaired) electrons. The van der Waals surface area contributed by atoms with E-state index in [4.69, 9.17) is 26.9 Å². The van der Waals surface area contributed by atoms with Gasteiger partial charge < -0.3 is 31.8 Å². The number of nitrogens with one attached hydrogen (secondary N) is 1. The average Bonchev–Trinajstić information content (AvgIpc) is 3.36. The summed E-state index contributed by atoms with van der Waals surface area (Å²) in [5.74, 6) is 1.31. The molecule has 11 heteroatoms. The zero-order valence-electron chi connectivity index (χ0n) is 22.7. The first kappa shape index (κ1) is 27.8. The minimum Gasteiger partial charge on any atom is -0.457 e. The average molecular weight is 563 g/mol. The standard InChI is InChI=1S/C31H30N8O3/c32-28(40)26(12-7-17-36-31(33)34)39-25-15-14-21(30(41)38-27-13-4-5-16-35-27)19-24(25)37-29(39)20-8-6-11-23(18-20)42-22-9-2-1-3-10-22/h1-6,8-11,13-16,18-19,26H,7,12,17H2,(H2,32,40)(H4,33,34,36)(H,35,38,41)/t26-/m0/s1.